The van der Waals surface area contributed by atoms with Crippen LogP contribution in [0.15, 0.2) is 109 Å². The van der Waals surface area contributed by atoms with Gasteiger partial charge in [-0.15, -0.1) is 0 Å². The number of carbonyl (C=O) groups excluding carboxylic acids is 3. The van der Waals surface area contributed by atoms with Crippen LogP contribution < -0.4 is 0 Å². The summed E-state index contributed by atoms with van der Waals surface area (Å²) in [5, 5.41) is 20.6. The van der Waals surface area contributed by atoms with Crippen LogP contribution in [0.5, 0.6) is 0 Å². The van der Waals surface area contributed by atoms with E-state index in [1.807, 2.05) is 0 Å². The molecule has 0 bridgehead atoms. The summed E-state index contributed by atoms with van der Waals surface area (Å²) < 4.78 is 61.0. The molecule has 16 nitrogen and oxygen atoms in total. The predicted molar refractivity (Wildman–Crippen MR) is 399 cm³/mol. The molecular weight excluding hydrogens is 1270 g/mol. The molecule has 18 heteroatoms. The van der Waals surface area contributed by atoms with E-state index < -0.39 is 91.5 Å². The number of rotatable bonds is 72. The highest BCUT2D eigenvalue weighted by atomic mass is 31.2. The van der Waals surface area contributed by atoms with Crippen molar-refractivity contribution in [3.63, 3.8) is 0 Å². The number of hydrogen-bond acceptors (Lipinski definition) is 14. The maximum atomic E-state index is 12.9. The van der Waals surface area contributed by atoms with Crippen LogP contribution in [0.25, 0.3) is 0 Å². The first-order valence-electron chi connectivity index (χ1n) is 38.2. The number of unbranched alkanes of at least 4 members (excludes halogenated alkanes) is 31. The lowest BCUT2D eigenvalue weighted by Gasteiger charge is -2.21. The fourth-order valence-corrected chi connectivity index (χ4v) is 11.6. The molecule has 0 saturated heterocycles. The summed E-state index contributed by atoms with van der Waals surface area (Å²) in [4.78, 5) is 58.5. The quantitative estimate of drug-likeness (QED) is 0.0146. The van der Waals surface area contributed by atoms with Crippen molar-refractivity contribution in [3.8, 4) is 0 Å². The Hall–Kier alpha value is -3.79. The smallest absolute Gasteiger partial charge is 0.463 e. The highest BCUT2D eigenvalue weighted by Gasteiger charge is 2.29. The van der Waals surface area contributed by atoms with E-state index in [4.69, 9.17) is 32.3 Å². The van der Waals surface area contributed by atoms with Crippen LogP contribution in [0, 0.1) is 0 Å². The number of allylic oxidation sites excluding steroid dienone is 18. The van der Waals surface area contributed by atoms with Crippen LogP contribution in [0.3, 0.4) is 0 Å². The van der Waals surface area contributed by atoms with Crippen LogP contribution in [0.1, 0.15) is 316 Å². The Morgan fingerprint density at radius 3 is 0.845 bits per heavy atom. The first kappa shape index (κ1) is 93.2. The molecule has 0 aliphatic rings. The normalized spacial score (nSPS) is 14.7. The topological polar surface area (TPSA) is 231 Å². The summed E-state index contributed by atoms with van der Waals surface area (Å²) >= 11 is 0. The van der Waals surface area contributed by atoms with Gasteiger partial charge in [0.15, 0.2) is 6.10 Å². The zero-order valence-corrected chi connectivity index (χ0v) is 62.8. The van der Waals surface area contributed by atoms with Crippen molar-refractivity contribution in [1.29, 1.82) is 0 Å². The molecule has 0 aliphatic heterocycles. The summed E-state index contributed by atoms with van der Waals surface area (Å²) in [6.45, 7) is 2.59. The zero-order valence-electron chi connectivity index (χ0n) is 61.0. The van der Waals surface area contributed by atoms with Gasteiger partial charge in [-0.1, -0.05) is 271 Å². The van der Waals surface area contributed by atoms with Gasteiger partial charge in [0.25, 0.3) is 0 Å². The minimum Gasteiger partial charge on any atom is -0.463 e. The number of aliphatic hydroxyl groups is 2. The van der Waals surface area contributed by atoms with Gasteiger partial charge in [-0.3, -0.25) is 32.5 Å². The molecule has 0 heterocycles. The van der Waals surface area contributed by atoms with Gasteiger partial charge in [-0.2, -0.15) is 0 Å². The van der Waals surface area contributed by atoms with Gasteiger partial charge in [0.05, 0.1) is 26.4 Å². The fraction of sp³-hybridized carbons (Fsp3) is 0.734. The van der Waals surface area contributed by atoms with E-state index in [1.54, 1.807) is 0 Å². The van der Waals surface area contributed by atoms with E-state index in [0.717, 1.165) is 154 Å². The molecule has 560 valence electrons. The van der Waals surface area contributed by atoms with Gasteiger partial charge in [0, 0.05) is 19.3 Å². The monoisotopic (exact) mass is 1400 g/mol. The molecule has 0 aliphatic carbocycles. The number of esters is 3. The highest BCUT2D eigenvalue weighted by Crippen LogP contribution is 2.45. The number of phosphoric acid groups is 2. The van der Waals surface area contributed by atoms with Crippen LogP contribution >= 0.6 is 15.6 Å². The number of hydrogen-bond donors (Lipinski definition) is 4. The lowest BCUT2D eigenvalue weighted by molar-refractivity contribution is -0.161. The molecule has 0 spiro atoms. The Morgan fingerprint density at radius 2 is 0.515 bits per heavy atom. The second kappa shape index (κ2) is 72.0. The molecule has 0 amide bonds. The van der Waals surface area contributed by atoms with Crippen LogP contribution in [0.4, 0.5) is 0 Å². The maximum absolute atomic E-state index is 12.9. The van der Waals surface area contributed by atoms with E-state index in [2.05, 4.69) is 130 Å². The van der Waals surface area contributed by atoms with E-state index in [9.17, 15) is 43.5 Å². The summed E-state index contributed by atoms with van der Waals surface area (Å²) in [6.07, 6.45) is 82.7. The van der Waals surface area contributed by atoms with Crippen molar-refractivity contribution in [1.82, 2.24) is 0 Å². The lowest BCUT2D eigenvalue weighted by atomic mass is 10.1. The zero-order chi connectivity index (χ0) is 70.9. The van der Waals surface area contributed by atoms with Crippen molar-refractivity contribution in [3.05, 3.63) is 109 Å². The molecule has 0 rings (SSSR count). The molecule has 0 aromatic rings. The average molecular weight is 1410 g/mol. The molecule has 0 aromatic carbocycles. The van der Waals surface area contributed by atoms with Crippen molar-refractivity contribution in [2.24, 2.45) is 0 Å². The van der Waals surface area contributed by atoms with E-state index in [0.29, 0.717) is 19.3 Å². The Balaban J connectivity index is 4.58. The average Bonchev–Trinajstić information content (AvgIpc) is 1.58. The summed E-state index contributed by atoms with van der Waals surface area (Å²) in [7, 11) is -9.79. The molecule has 4 N–H and O–H groups in total. The second-order valence-electron chi connectivity index (χ2n) is 25.4. The van der Waals surface area contributed by atoms with E-state index >= 15 is 0 Å². The molecule has 97 heavy (non-hydrogen) atoms. The van der Waals surface area contributed by atoms with Crippen LogP contribution in [-0.4, -0.2) is 95.9 Å². The molecule has 0 radical (unpaired) electrons. The largest absolute Gasteiger partial charge is 0.472 e. The Morgan fingerprint density at radius 1 is 0.289 bits per heavy atom. The standard InChI is InChI=1S/C79H138O16P2/c1-4-7-10-13-16-19-22-25-27-29-31-33-35-36-38-40-41-43-45-48-50-53-56-59-62-65-77(82)89-68-74(80)69-91-96(85,86)92-70-75(81)71-93-97(87,88)94-73-76(95-79(84)67-64-61-58-55-52-47-24-21-18-15-12-9-6-3)72-90-78(83)66-63-60-57-54-51-49-46-44-42-39-37-34-32-30-28-26-23-20-17-14-11-8-5-2/h16-17,19-21,24-28,31-34,36,38-39,42,74-76,80-81H,4-15,18,22-23,29-30,35,37,40-41,43-73H2,1-3H3,(H,85,86)(H,87,88)/b19-16-,20-17-,24-21-,27-25-,28-26-,33-31-,34-32-,38-36-,42-39-. The first-order chi connectivity index (χ1) is 47.2. The van der Waals surface area contributed by atoms with Gasteiger partial charge in [0.1, 0.15) is 25.4 Å². The van der Waals surface area contributed by atoms with Crippen molar-refractivity contribution < 1.29 is 75.8 Å². The third-order valence-electron chi connectivity index (χ3n) is 15.9. The lowest BCUT2D eigenvalue weighted by Crippen LogP contribution is -2.30. The van der Waals surface area contributed by atoms with Gasteiger partial charge in [-0.05, 0) is 135 Å². The SMILES string of the molecule is CCCCC/C=C\C/C=C\C/C=C\C/C=C\CCCCCCCCCCCC(=O)OCC(O)COP(=O)(O)OCC(O)COP(=O)(O)OCC(COC(=O)CCCCCCCCC/C=C\C/C=C\C/C=C\C/C=C\CCCCC)OC(=O)CCCCCCC/C=C\CCCCCC. The molecule has 0 aromatic heterocycles. The van der Waals surface area contributed by atoms with E-state index in [1.165, 1.54) is 103 Å². The molecule has 0 saturated carbocycles. The minimum atomic E-state index is -4.93. The van der Waals surface area contributed by atoms with Crippen LogP contribution in [0.2, 0.25) is 0 Å². The molecular formula is C79H138O16P2. The third-order valence-corrected chi connectivity index (χ3v) is 17.8. The first-order valence-corrected chi connectivity index (χ1v) is 41.2. The Bertz CT molecular complexity index is 2200. The number of aliphatic hydroxyl groups excluding tert-OH is 2. The highest BCUT2D eigenvalue weighted by molar-refractivity contribution is 7.47. The number of ether oxygens (including phenoxy) is 3. The van der Waals surface area contributed by atoms with Crippen molar-refractivity contribution >= 4 is 33.6 Å². The fourth-order valence-electron chi connectivity index (χ4n) is 10.1. The summed E-state index contributed by atoms with van der Waals surface area (Å²) in [6, 6.07) is 0. The number of carbonyl (C=O) groups is 3. The van der Waals surface area contributed by atoms with Gasteiger partial charge >= 0.3 is 33.6 Å². The molecule has 5 unspecified atom stereocenters. The van der Waals surface area contributed by atoms with Crippen LogP contribution in [-0.2, 0) is 55.8 Å². The van der Waals surface area contributed by atoms with Gasteiger partial charge < -0.3 is 34.2 Å². The third kappa shape index (κ3) is 73.3. The Labute approximate surface area is 590 Å². The predicted octanol–water partition coefficient (Wildman–Crippen LogP) is 22.0. The van der Waals surface area contributed by atoms with Crippen molar-refractivity contribution in [2.75, 3.05) is 39.6 Å². The second-order valence-corrected chi connectivity index (χ2v) is 28.4. The Kier molecular flexibility index (Phi) is 69.2. The summed E-state index contributed by atoms with van der Waals surface area (Å²) in [5.74, 6) is -1.60. The van der Waals surface area contributed by atoms with Gasteiger partial charge in [0.2, 0.25) is 0 Å². The maximum Gasteiger partial charge on any atom is 0.472 e. The molecule has 0 fully saturated rings. The molecule has 5 atom stereocenters. The summed E-state index contributed by atoms with van der Waals surface area (Å²) in [5.41, 5.74) is 0. The van der Waals surface area contributed by atoms with Gasteiger partial charge in [-0.25, -0.2) is 9.13 Å². The van der Waals surface area contributed by atoms with E-state index in [-0.39, 0.29) is 19.3 Å². The number of phosphoric ester groups is 2. The minimum absolute atomic E-state index is 0.0908. The van der Waals surface area contributed by atoms with Crippen molar-refractivity contribution in [2.45, 2.75) is 334 Å².